The van der Waals surface area contributed by atoms with Crippen LogP contribution in [0, 0.1) is 12.8 Å². The molecular weight excluding hydrogens is 313 g/mol. The summed E-state index contributed by atoms with van der Waals surface area (Å²) in [5.41, 5.74) is -0.241. The molecule has 0 bridgehead atoms. The Morgan fingerprint density at radius 3 is 2.73 bits per heavy atom. The summed E-state index contributed by atoms with van der Waals surface area (Å²) >= 11 is 1.02. The molecule has 1 aliphatic carbocycles. The van der Waals surface area contributed by atoms with Gasteiger partial charge in [0, 0.05) is 11.9 Å². The van der Waals surface area contributed by atoms with Crippen LogP contribution >= 0.6 is 11.3 Å². The van der Waals surface area contributed by atoms with Crippen LogP contribution in [0.2, 0.25) is 0 Å². The quantitative estimate of drug-likeness (QED) is 0.919. The van der Waals surface area contributed by atoms with Gasteiger partial charge in [0.2, 0.25) is 0 Å². The zero-order valence-electron chi connectivity index (χ0n) is 12.0. The Balaban J connectivity index is 1.86. The Morgan fingerprint density at radius 1 is 1.41 bits per heavy atom. The molecule has 2 heterocycles. The highest BCUT2D eigenvalue weighted by molar-refractivity contribution is 7.20. The third-order valence-corrected chi connectivity index (χ3v) is 5.28. The molecule has 22 heavy (non-hydrogen) atoms. The largest absolute Gasteiger partial charge is 0.433 e. The van der Waals surface area contributed by atoms with Gasteiger partial charge < -0.3 is 5.32 Å². The minimum Gasteiger partial charge on any atom is -0.351 e. The summed E-state index contributed by atoms with van der Waals surface area (Å²) in [6.45, 7) is 2.37. The summed E-state index contributed by atoms with van der Waals surface area (Å²) in [6.07, 6.45) is -1.02. The molecule has 3 rings (SSSR count). The van der Waals surface area contributed by atoms with E-state index < -0.39 is 11.9 Å². The van der Waals surface area contributed by atoms with Crippen molar-refractivity contribution >= 4 is 27.5 Å². The monoisotopic (exact) mass is 328 g/mol. The van der Waals surface area contributed by atoms with Crippen molar-refractivity contribution in [1.82, 2.24) is 10.3 Å². The average molecular weight is 328 g/mol. The number of fused-ring (bicyclic) bond motifs is 1. The molecule has 0 aromatic carbocycles. The molecule has 1 N–H and O–H groups in total. The second-order valence-electron chi connectivity index (χ2n) is 5.61. The van der Waals surface area contributed by atoms with Crippen molar-refractivity contribution in [3.05, 3.63) is 28.3 Å². The Bertz CT molecular complexity index is 719. The number of carbonyl (C=O) groups is 1. The van der Waals surface area contributed by atoms with Crippen LogP contribution < -0.4 is 5.32 Å². The highest BCUT2D eigenvalue weighted by Crippen LogP contribution is 2.34. The molecule has 0 unspecified atom stereocenters. The fraction of sp³-hybridized carbons (Fsp3) is 0.467. The van der Waals surface area contributed by atoms with Crippen LogP contribution in [0.5, 0.6) is 0 Å². The van der Waals surface area contributed by atoms with Crippen LogP contribution in [0.25, 0.3) is 10.2 Å². The molecule has 1 saturated carbocycles. The van der Waals surface area contributed by atoms with Crippen LogP contribution in [0.15, 0.2) is 12.1 Å². The van der Waals surface area contributed by atoms with Crippen LogP contribution in [0.4, 0.5) is 13.2 Å². The van der Waals surface area contributed by atoms with E-state index in [2.05, 4.69) is 10.3 Å². The first-order valence-electron chi connectivity index (χ1n) is 7.12. The van der Waals surface area contributed by atoms with Crippen LogP contribution in [0.1, 0.15) is 40.2 Å². The molecule has 0 atom stereocenters. The maximum atomic E-state index is 12.7. The van der Waals surface area contributed by atoms with Crippen molar-refractivity contribution < 1.29 is 18.0 Å². The first-order valence-corrected chi connectivity index (χ1v) is 7.93. The zero-order chi connectivity index (χ0) is 15.9. The van der Waals surface area contributed by atoms with Gasteiger partial charge in [0.15, 0.2) is 0 Å². The number of halogens is 3. The van der Waals surface area contributed by atoms with Gasteiger partial charge in [0.05, 0.1) is 4.88 Å². The molecule has 2 aromatic heterocycles. The van der Waals surface area contributed by atoms with E-state index in [1.165, 1.54) is 12.5 Å². The van der Waals surface area contributed by atoms with Crippen LogP contribution in [-0.2, 0) is 6.18 Å². The average Bonchev–Trinajstić information content (AvgIpc) is 2.73. The smallest absolute Gasteiger partial charge is 0.351 e. The topological polar surface area (TPSA) is 42.0 Å². The lowest BCUT2D eigenvalue weighted by molar-refractivity contribution is -0.140. The fourth-order valence-electron chi connectivity index (χ4n) is 2.49. The first-order chi connectivity index (χ1) is 10.4. The lowest BCUT2D eigenvalue weighted by atomic mass is 9.85. The molecule has 1 fully saturated rings. The third-order valence-electron chi connectivity index (χ3n) is 4.08. The molecule has 1 amide bonds. The van der Waals surface area contributed by atoms with Crippen LogP contribution in [-0.4, -0.2) is 17.4 Å². The predicted octanol–water partition coefficient (Wildman–Crippen LogP) is 4.15. The standard InChI is InChI=1S/C15H15F3N2OS/c1-8-10-5-6-11(15(16,17)18)20-14(10)22-12(8)13(21)19-7-9-3-2-4-9/h5-6,9H,2-4,7H2,1H3,(H,19,21). The van der Waals surface area contributed by atoms with Gasteiger partial charge >= 0.3 is 6.18 Å². The van der Waals surface area contributed by atoms with E-state index in [0.29, 0.717) is 28.3 Å². The molecule has 2 aromatic rings. The number of hydrogen-bond donors (Lipinski definition) is 1. The van der Waals surface area contributed by atoms with Crippen molar-refractivity contribution in [2.24, 2.45) is 5.92 Å². The van der Waals surface area contributed by atoms with Crippen molar-refractivity contribution in [2.75, 3.05) is 6.54 Å². The third kappa shape index (κ3) is 2.82. The van der Waals surface area contributed by atoms with Gasteiger partial charge in [-0.3, -0.25) is 4.79 Å². The zero-order valence-corrected chi connectivity index (χ0v) is 12.8. The van der Waals surface area contributed by atoms with Crippen LogP contribution in [0.3, 0.4) is 0 Å². The Hall–Kier alpha value is -1.63. The summed E-state index contributed by atoms with van der Waals surface area (Å²) < 4.78 is 38.1. The predicted molar refractivity (Wildman–Crippen MR) is 79.0 cm³/mol. The number of aryl methyl sites for hydroxylation is 1. The van der Waals surface area contributed by atoms with Crippen molar-refractivity contribution in [2.45, 2.75) is 32.4 Å². The summed E-state index contributed by atoms with van der Waals surface area (Å²) in [4.78, 5) is 16.6. The number of amides is 1. The number of aromatic nitrogens is 1. The summed E-state index contributed by atoms with van der Waals surface area (Å²) in [5.74, 6) is 0.314. The maximum Gasteiger partial charge on any atom is 0.433 e. The highest BCUT2D eigenvalue weighted by Gasteiger charge is 2.33. The van der Waals surface area contributed by atoms with Gasteiger partial charge in [-0.1, -0.05) is 6.42 Å². The summed E-state index contributed by atoms with van der Waals surface area (Å²) in [5, 5.41) is 3.47. The number of pyridine rings is 1. The normalized spacial score (nSPS) is 15.8. The SMILES string of the molecule is Cc1c(C(=O)NCC2CCC2)sc2nc(C(F)(F)F)ccc12. The van der Waals surface area contributed by atoms with Gasteiger partial charge in [-0.15, -0.1) is 11.3 Å². The van der Waals surface area contributed by atoms with Crippen molar-refractivity contribution in [3.63, 3.8) is 0 Å². The Kier molecular flexibility index (Phi) is 3.84. The van der Waals surface area contributed by atoms with Gasteiger partial charge in [0.25, 0.3) is 5.91 Å². The molecule has 7 heteroatoms. The van der Waals surface area contributed by atoms with E-state index in [-0.39, 0.29) is 10.7 Å². The molecule has 0 saturated heterocycles. The number of thiophene rings is 1. The van der Waals surface area contributed by atoms with Gasteiger partial charge in [0.1, 0.15) is 10.5 Å². The summed E-state index contributed by atoms with van der Waals surface area (Å²) in [7, 11) is 0. The molecule has 0 radical (unpaired) electrons. The number of nitrogens with one attached hydrogen (secondary N) is 1. The number of carbonyl (C=O) groups excluding carboxylic acids is 1. The Labute approximate surface area is 129 Å². The number of nitrogens with zero attached hydrogens (tertiary/aromatic N) is 1. The maximum absolute atomic E-state index is 12.7. The lowest BCUT2D eigenvalue weighted by Gasteiger charge is -2.25. The second-order valence-corrected chi connectivity index (χ2v) is 6.61. The van der Waals surface area contributed by atoms with Gasteiger partial charge in [-0.05, 0) is 43.4 Å². The number of alkyl halides is 3. The first kappa shape index (κ1) is 15.3. The molecule has 0 spiro atoms. The van der Waals surface area contributed by atoms with E-state index in [1.54, 1.807) is 6.92 Å². The molecular formula is C15H15F3N2OS. The van der Waals surface area contributed by atoms with Crippen molar-refractivity contribution in [1.29, 1.82) is 0 Å². The molecule has 0 aliphatic heterocycles. The van der Waals surface area contributed by atoms with Gasteiger partial charge in [-0.2, -0.15) is 13.2 Å². The van der Waals surface area contributed by atoms with E-state index in [9.17, 15) is 18.0 Å². The number of hydrogen-bond acceptors (Lipinski definition) is 3. The second kappa shape index (κ2) is 5.53. The minimum absolute atomic E-state index is 0.221. The highest BCUT2D eigenvalue weighted by atomic mass is 32.1. The summed E-state index contributed by atoms with van der Waals surface area (Å²) in [6, 6.07) is 2.35. The molecule has 1 aliphatic rings. The Morgan fingerprint density at radius 2 is 2.14 bits per heavy atom. The number of rotatable bonds is 3. The van der Waals surface area contributed by atoms with Crippen molar-refractivity contribution in [3.8, 4) is 0 Å². The van der Waals surface area contributed by atoms with E-state index in [1.807, 2.05) is 0 Å². The molecule has 3 nitrogen and oxygen atoms in total. The van der Waals surface area contributed by atoms with E-state index in [4.69, 9.17) is 0 Å². The van der Waals surface area contributed by atoms with E-state index >= 15 is 0 Å². The van der Waals surface area contributed by atoms with E-state index in [0.717, 1.165) is 30.2 Å². The lowest BCUT2D eigenvalue weighted by Crippen LogP contribution is -2.31. The molecule has 118 valence electrons. The fourth-order valence-corrected chi connectivity index (χ4v) is 3.58. The minimum atomic E-state index is -4.47. The van der Waals surface area contributed by atoms with Gasteiger partial charge in [-0.25, -0.2) is 4.98 Å².